The fourth-order valence-corrected chi connectivity index (χ4v) is 1.49. The summed E-state index contributed by atoms with van der Waals surface area (Å²) >= 11 is 0. The zero-order valence-electron chi connectivity index (χ0n) is 8.72. The third-order valence-electron chi connectivity index (χ3n) is 2.39. The van der Waals surface area contributed by atoms with Crippen molar-refractivity contribution < 1.29 is 27.8 Å². The van der Waals surface area contributed by atoms with E-state index in [1.54, 1.807) is 0 Å². The molecule has 0 saturated carbocycles. The van der Waals surface area contributed by atoms with Crippen LogP contribution in [-0.2, 0) is 0 Å². The Labute approximate surface area is 98.7 Å². The second-order valence-corrected chi connectivity index (χ2v) is 3.54. The lowest BCUT2D eigenvalue weighted by Gasteiger charge is -2.07. The summed E-state index contributed by atoms with van der Waals surface area (Å²) in [6.07, 6.45) is 0. The summed E-state index contributed by atoms with van der Waals surface area (Å²) in [5, 5.41) is 17.8. The molecule has 0 bridgehead atoms. The van der Waals surface area contributed by atoms with Gasteiger partial charge < -0.3 is 10.2 Å². The van der Waals surface area contributed by atoms with Gasteiger partial charge in [0.05, 0.1) is 0 Å². The Balaban J connectivity index is 2.70. The fourth-order valence-electron chi connectivity index (χ4n) is 1.49. The van der Waals surface area contributed by atoms with Crippen molar-refractivity contribution in [3.05, 3.63) is 47.5 Å². The lowest BCUT2D eigenvalue weighted by atomic mass is 10.0. The number of benzene rings is 2. The summed E-state index contributed by atoms with van der Waals surface area (Å²) in [4.78, 5) is 0. The van der Waals surface area contributed by atoms with Gasteiger partial charge in [-0.2, -0.15) is 4.39 Å². The Kier molecular flexibility index (Phi) is 2.86. The van der Waals surface area contributed by atoms with Crippen LogP contribution in [0.25, 0.3) is 11.1 Å². The summed E-state index contributed by atoms with van der Waals surface area (Å²) in [7, 11) is 0. The van der Waals surface area contributed by atoms with Crippen molar-refractivity contribution >= 4 is 0 Å². The van der Waals surface area contributed by atoms with Crippen LogP contribution in [-0.4, -0.2) is 10.2 Å². The number of phenols is 2. The fraction of sp³-hybridized carbons (Fsp3) is 0. The van der Waals surface area contributed by atoms with Crippen LogP contribution >= 0.6 is 0 Å². The molecule has 2 N–H and O–H groups in total. The maximum Gasteiger partial charge on any atom is 0.200 e. The lowest BCUT2D eigenvalue weighted by molar-refractivity contribution is 0.407. The highest BCUT2D eigenvalue weighted by atomic mass is 19.2. The minimum absolute atomic E-state index is 0.453. The molecule has 0 atom stereocenters. The van der Waals surface area contributed by atoms with E-state index in [4.69, 9.17) is 10.2 Å². The second kappa shape index (κ2) is 4.21. The molecule has 0 amide bonds. The number of rotatable bonds is 1. The Morgan fingerprint density at radius 2 is 1.33 bits per heavy atom. The number of phenolic OH excluding ortho intramolecular Hbond substituents is 2. The summed E-state index contributed by atoms with van der Waals surface area (Å²) < 4.78 is 53.1. The van der Waals surface area contributed by atoms with Gasteiger partial charge in [-0.15, -0.1) is 0 Å². The van der Waals surface area contributed by atoms with Gasteiger partial charge in [0.25, 0.3) is 0 Å². The maximum absolute atomic E-state index is 13.5. The molecule has 0 unspecified atom stereocenters. The topological polar surface area (TPSA) is 40.5 Å². The van der Waals surface area contributed by atoms with Crippen LogP contribution in [0.5, 0.6) is 11.5 Å². The molecule has 6 heteroatoms. The smallest absolute Gasteiger partial charge is 0.200 e. The van der Waals surface area contributed by atoms with Crippen LogP contribution in [0.1, 0.15) is 0 Å². The highest BCUT2D eigenvalue weighted by Crippen LogP contribution is 2.33. The first-order chi connectivity index (χ1) is 8.41. The molecule has 2 aromatic rings. The highest BCUT2D eigenvalue weighted by Gasteiger charge is 2.18. The van der Waals surface area contributed by atoms with Gasteiger partial charge in [-0.3, -0.25) is 0 Å². The van der Waals surface area contributed by atoms with Crippen molar-refractivity contribution in [2.75, 3.05) is 0 Å². The van der Waals surface area contributed by atoms with Crippen molar-refractivity contribution in [3.8, 4) is 22.6 Å². The number of aromatic hydroxyl groups is 2. The van der Waals surface area contributed by atoms with Crippen LogP contribution in [0.2, 0.25) is 0 Å². The van der Waals surface area contributed by atoms with Crippen molar-refractivity contribution in [2.24, 2.45) is 0 Å². The van der Waals surface area contributed by atoms with Crippen molar-refractivity contribution in [3.63, 3.8) is 0 Å². The van der Waals surface area contributed by atoms with Crippen molar-refractivity contribution in [1.29, 1.82) is 0 Å². The van der Waals surface area contributed by atoms with Gasteiger partial charge in [-0.1, -0.05) is 0 Å². The zero-order valence-corrected chi connectivity index (χ0v) is 8.72. The first kappa shape index (κ1) is 12.2. The Morgan fingerprint density at radius 1 is 0.667 bits per heavy atom. The molecule has 0 saturated heterocycles. The maximum atomic E-state index is 13.5. The highest BCUT2D eigenvalue weighted by molar-refractivity contribution is 5.67. The predicted molar refractivity (Wildman–Crippen MR) is 55.0 cm³/mol. The molecule has 0 spiro atoms. The van der Waals surface area contributed by atoms with Gasteiger partial charge in [0.1, 0.15) is 5.82 Å². The van der Waals surface area contributed by atoms with Crippen LogP contribution < -0.4 is 0 Å². The van der Waals surface area contributed by atoms with E-state index in [-0.39, 0.29) is 0 Å². The molecule has 2 rings (SSSR count). The van der Waals surface area contributed by atoms with Gasteiger partial charge in [-0.05, 0) is 18.2 Å². The molecule has 0 aliphatic heterocycles. The van der Waals surface area contributed by atoms with E-state index < -0.39 is 45.9 Å². The average Bonchev–Trinajstić information content (AvgIpc) is 2.32. The third-order valence-corrected chi connectivity index (χ3v) is 2.39. The van der Waals surface area contributed by atoms with E-state index in [1.807, 2.05) is 0 Å². The largest absolute Gasteiger partial charge is 0.505 e. The second-order valence-electron chi connectivity index (χ2n) is 3.54. The number of hydrogen-bond acceptors (Lipinski definition) is 2. The molecule has 18 heavy (non-hydrogen) atoms. The normalized spacial score (nSPS) is 10.7. The number of hydrogen-bond donors (Lipinski definition) is 2. The average molecular weight is 258 g/mol. The van der Waals surface area contributed by atoms with E-state index in [0.717, 1.165) is 12.1 Å². The SMILES string of the molecule is Oc1cc(F)c(-c2ccc(O)c(F)c2F)cc1F. The Bertz CT molecular complexity index is 626. The van der Waals surface area contributed by atoms with E-state index in [1.165, 1.54) is 0 Å². The van der Waals surface area contributed by atoms with Crippen molar-refractivity contribution in [1.82, 2.24) is 0 Å². The first-order valence-electron chi connectivity index (χ1n) is 4.77. The molecule has 0 aliphatic carbocycles. The molecule has 0 fully saturated rings. The van der Waals surface area contributed by atoms with E-state index in [2.05, 4.69) is 0 Å². The van der Waals surface area contributed by atoms with E-state index in [0.29, 0.717) is 12.1 Å². The van der Waals surface area contributed by atoms with Crippen molar-refractivity contribution in [2.45, 2.75) is 0 Å². The van der Waals surface area contributed by atoms with Gasteiger partial charge in [-0.25, -0.2) is 13.2 Å². The lowest BCUT2D eigenvalue weighted by Crippen LogP contribution is -1.94. The summed E-state index contributed by atoms with van der Waals surface area (Å²) in [5.41, 5.74) is -1.11. The van der Waals surface area contributed by atoms with Gasteiger partial charge in [0.2, 0.25) is 5.82 Å². The molecule has 0 heterocycles. The minimum atomic E-state index is -1.56. The molecule has 0 radical (unpaired) electrons. The molecule has 0 aromatic heterocycles. The molecule has 2 aromatic carbocycles. The minimum Gasteiger partial charge on any atom is -0.505 e. The van der Waals surface area contributed by atoms with Crippen LogP contribution in [0.3, 0.4) is 0 Å². The molecular weight excluding hydrogens is 252 g/mol. The molecule has 2 nitrogen and oxygen atoms in total. The Hall–Kier alpha value is -2.24. The summed E-state index contributed by atoms with van der Waals surface area (Å²) in [5.74, 6) is -7.21. The quantitative estimate of drug-likeness (QED) is 0.770. The Morgan fingerprint density at radius 3 is 2.00 bits per heavy atom. The summed E-state index contributed by atoms with van der Waals surface area (Å²) in [6.45, 7) is 0. The standard InChI is InChI=1S/C12H6F4O2/c13-7-4-10(18)8(14)3-6(7)5-1-2-9(17)12(16)11(5)15/h1-4,17-18H. The molecule has 0 aliphatic rings. The molecular formula is C12H6F4O2. The monoisotopic (exact) mass is 258 g/mol. The van der Waals surface area contributed by atoms with Gasteiger partial charge in [0, 0.05) is 17.2 Å². The number of halogens is 4. The third kappa shape index (κ3) is 1.85. The first-order valence-corrected chi connectivity index (χ1v) is 4.77. The van der Waals surface area contributed by atoms with E-state index >= 15 is 0 Å². The zero-order chi connectivity index (χ0) is 13.4. The summed E-state index contributed by atoms with van der Waals surface area (Å²) in [6, 6.07) is 2.72. The van der Waals surface area contributed by atoms with Gasteiger partial charge in [0.15, 0.2) is 23.1 Å². The predicted octanol–water partition coefficient (Wildman–Crippen LogP) is 3.32. The van der Waals surface area contributed by atoms with Gasteiger partial charge >= 0.3 is 0 Å². The molecule has 94 valence electrons. The van der Waals surface area contributed by atoms with Crippen LogP contribution in [0.15, 0.2) is 24.3 Å². The van der Waals surface area contributed by atoms with Crippen LogP contribution in [0, 0.1) is 23.3 Å². The van der Waals surface area contributed by atoms with E-state index in [9.17, 15) is 17.6 Å². The van der Waals surface area contributed by atoms with Crippen LogP contribution in [0.4, 0.5) is 17.6 Å².